The van der Waals surface area contributed by atoms with Crippen molar-refractivity contribution in [2.24, 2.45) is 5.10 Å². The summed E-state index contributed by atoms with van der Waals surface area (Å²) in [5.74, 6) is -0.396. The van der Waals surface area contributed by atoms with Gasteiger partial charge in [-0.2, -0.15) is 5.01 Å². The molecule has 2 aromatic rings. The van der Waals surface area contributed by atoms with Gasteiger partial charge in [-0.15, -0.1) is 5.10 Å². The number of nitro groups is 1. The van der Waals surface area contributed by atoms with Crippen LogP contribution in [0, 0.1) is 10.1 Å². The number of esters is 1. The minimum atomic E-state index is -1.05. The molecule has 1 aliphatic heterocycles. The molecule has 0 saturated heterocycles. The molecule has 0 radical (unpaired) electrons. The maximum Gasteiger partial charge on any atom is 0.308 e. The topological polar surface area (TPSA) is 111 Å². The van der Waals surface area contributed by atoms with E-state index in [1.54, 1.807) is 30.3 Å². The summed E-state index contributed by atoms with van der Waals surface area (Å²) in [7, 11) is 0. The number of nitro benzene ring substituents is 1. The van der Waals surface area contributed by atoms with Crippen LogP contribution in [0.25, 0.3) is 0 Å². The SMILES string of the molecule is CC(=O)Oc1ccc(C2=NN(C(C)=O)C(c3ccccc3[N+](=O)[O-])O2)cc1. The number of rotatable bonds is 4. The summed E-state index contributed by atoms with van der Waals surface area (Å²) in [6.45, 7) is 2.58. The second-order valence-corrected chi connectivity index (χ2v) is 5.67. The van der Waals surface area contributed by atoms with Crippen LogP contribution in [0.3, 0.4) is 0 Å². The first-order valence-electron chi connectivity index (χ1n) is 7.94. The van der Waals surface area contributed by atoms with Gasteiger partial charge in [0.1, 0.15) is 5.75 Å². The Morgan fingerprint density at radius 2 is 1.81 bits per heavy atom. The van der Waals surface area contributed by atoms with Crippen molar-refractivity contribution in [2.75, 3.05) is 0 Å². The van der Waals surface area contributed by atoms with Crippen LogP contribution in [-0.2, 0) is 14.3 Å². The first-order valence-corrected chi connectivity index (χ1v) is 7.94. The first-order chi connectivity index (χ1) is 12.9. The monoisotopic (exact) mass is 369 g/mol. The van der Waals surface area contributed by atoms with Crippen molar-refractivity contribution >= 4 is 23.5 Å². The van der Waals surface area contributed by atoms with Crippen LogP contribution >= 0.6 is 0 Å². The normalized spacial score (nSPS) is 15.7. The minimum Gasteiger partial charge on any atom is -0.445 e. The zero-order chi connectivity index (χ0) is 19.6. The van der Waals surface area contributed by atoms with E-state index in [4.69, 9.17) is 9.47 Å². The van der Waals surface area contributed by atoms with Gasteiger partial charge < -0.3 is 9.47 Å². The summed E-state index contributed by atoms with van der Waals surface area (Å²) >= 11 is 0. The van der Waals surface area contributed by atoms with Crippen LogP contribution in [0.1, 0.15) is 31.2 Å². The van der Waals surface area contributed by atoms with Crippen LogP contribution in [0.15, 0.2) is 53.6 Å². The fourth-order valence-electron chi connectivity index (χ4n) is 2.58. The molecule has 0 aromatic heterocycles. The van der Waals surface area contributed by atoms with E-state index in [0.29, 0.717) is 11.3 Å². The van der Waals surface area contributed by atoms with Crippen molar-refractivity contribution in [3.63, 3.8) is 0 Å². The van der Waals surface area contributed by atoms with Gasteiger partial charge in [-0.3, -0.25) is 19.7 Å². The number of amides is 1. The van der Waals surface area contributed by atoms with Gasteiger partial charge in [0.2, 0.25) is 18.0 Å². The molecule has 0 fully saturated rings. The third kappa shape index (κ3) is 3.76. The highest BCUT2D eigenvalue weighted by Gasteiger charge is 2.37. The molecule has 1 unspecified atom stereocenters. The largest absolute Gasteiger partial charge is 0.445 e. The Labute approximate surface area is 154 Å². The standard InChI is InChI=1S/C18H15N3O6/c1-11(22)20-18(15-5-3-4-6-16(15)21(24)25)27-17(19-20)13-7-9-14(10-8-13)26-12(2)23/h3-10,18H,1-2H3. The molecule has 9 nitrogen and oxygen atoms in total. The van der Waals surface area contributed by atoms with E-state index in [2.05, 4.69) is 5.10 Å². The van der Waals surface area contributed by atoms with Crippen molar-refractivity contribution in [1.82, 2.24) is 5.01 Å². The Kier molecular flexibility index (Phi) is 4.84. The lowest BCUT2D eigenvalue weighted by Gasteiger charge is -2.19. The second-order valence-electron chi connectivity index (χ2n) is 5.67. The minimum absolute atomic E-state index is 0.128. The highest BCUT2D eigenvalue weighted by molar-refractivity contribution is 5.96. The molecule has 9 heteroatoms. The molecule has 1 atom stereocenters. The molecule has 0 N–H and O–H groups in total. The summed E-state index contributed by atoms with van der Waals surface area (Å²) in [6, 6.07) is 12.3. The van der Waals surface area contributed by atoms with Gasteiger partial charge in [0.15, 0.2) is 0 Å². The van der Waals surface area contributed by atoms with Crippen molar-refractivity contribution in [1.29, 1.82) is 0 Å². The molecule has 0 aliphatic carbocycles. The number of hydrazone groups is 1. The van der Waals surface area contributed by atoms with E-state index in [0.717, 1.165) is 5.01 Å². The average molecular weight is 369 g/mol. The van der Waals surface area contributed by atoms with E-state index in [-0.39, 0.29) is 17.1 Å². The molecule has 2 aromatic carbocycles. The smallest absolute Gasteiger partial charge is 0.308 e. The van der Waals surface area contributed by atoms with E-state index in [9.17, 15) is 19.7 Å². The molecule has 0 spiro atoms. The van der Waals surface area contributed by atoms with Gasteiger partial charge in [-0.1, -0.05) is 12.1 Å². The second kappa shape index (κ2) is 7.24. The fourth-order valence-corrected chi connectivity index (χ4v) is 2.58. The van der Waals surface area contributed by atoms with Crippen LogP contribution < -0.4 is 4.74 Å². The Bertz CT molecular complexity index is 938. The van der Waals surface area contributed by atoms with Crippen molar-refractivity contribution in [3.8, 4) is 5.75 Å². The molecule has 0 saturated carbocycles. The number of carbonyl (C=O) groups is 2. The summed E-state index contributed by atoms with van der Waals surface area (Å²) in [5, 5.41) is 16.5. The maximum absolute atomic E-state index is 12.0. The van der Waals surface area contributed by atoms with Crippen molar-refractivity contribution < 1.29 is 24.0 Å². The summed E-state index contributed by atoms with van der Waals surface area (Å²) < 4.78 is 10.7. The molecule has 3 rings (SSSR count). The number of benzene rings is 2. The molecular formula is C18H15N3O6. The van der Waals surface area contributed by atoms with E-state index in [1.807, 2.05) is 0 Å². The van der Waals surface area contributed by atoms with Gasteiger partial charge in [0.05, 0.1) is 10.5 Å². The first kappa shape index (κ1) is 18.1. The molecule has 1 amide bonds. The molecule has 138 valence electrons. The Morgan fingerprint density at radius 1 is 1.15 bits per heavy atom. The lowest BCUT2D eigenvalue weighted by Crippen LogP contribution is -2.25. The van der Waals surface area contributed by atoms with E-state index >= 15 is 0 Å². The van der Waals surface area contributed by atoms with Crippen LogP contribution in [0.4, 0.5) is 5.69 Å². The van der Waals surface area contributed by atoms with Crippen LogP contribution in [0.5, 0.6) is 5.75 Å². The van der Waals surface area contributed by atoms with Gasteiger partial charge in [-0.05, 0) is 30.3 Å². The number of para-hydroxylation sites is 1. The fraction of sp³-hybridized carbons (Fsp3) is 0.167. The molecule has 27 heavy (non-hydrogen) atoms. The number of ether oxygens (including phenoxy) is 2. The average Bonchev–Trinajstić information content (AvgIpc) is 3.07. The summed E-state index contributed by atoms with van der Waals surface area (Å²) in [6.07, 6.45) is -1.05. The van der Waals surface area contributed by atoms with Gasteiger partial charge >= 0.3 is 5.97 Å². The predicted octanol–water partition coefficient (Wildman–Crippen LogP) is 2.76. The van der Waals surface area contributed by atoms with Gasteiger partial charge in [0.25, 0.3) is 5.69 Å². The Morgan fingerprint density at radius 3 is 2.41 bits per heavy atom. The zero-order valence-electron chi connectivity index (χ0n) is 14.5. The van der Waals surface area contributed by atoms with Gasteiger partial charge in [0, 0.05) is 25.5 Å². The zero-order valence-corrected chi connectivity index (χ0v) is 14.5. The number of carbonyl (C=O) groups excluding carboxylic acids is 2. The van der Waals surface area contributed by atoms with E-state index in [1.165, 1.54) is 32.0 Å². The lowest BCUT2D eigenvalue weighted by molar-refractivity contribution is -0.386. The molecular weight excluding hydrogens is 354 g/mol. The summed E-state index contributed by atoms with van der Waals surface area (Å²) in [4.78, 5) is 33.7. The molecule has 0 bridgehead atoms. The maximum atomic E-state index is 12.0. The lowest BCUT2D eigenvalue weighted by atomic mass is 10.1. The highest BCUT2D eigenvalue weighted by Crippen LogP contribution is 2.35. The molecule has 1 heterocycles. The summed E-state index contributed by atoms with van der Waals surface area (Å²) in [5.41, 5.74) is 0.571. The number of nitrogens with zero attached hydrogens (tertiary/aromatic N) is 3. The number of hydrogen-bond donors (Lipinski definition) is 0. The Hall–Kier alpha value is -3.75. The van der Waals surface area contributed by atoms with E-state index < -0.39 is 23.0 Å². The third-order valence-corrected chi connectivity index (χ3v) is 3.73. The predicted molar refractivity (Wildman–Crippen MR) is 93.7 cm³/mol. The highest BCUT2D eigenvalue weighted by atomic mass is 16.6. The third-order valence-electron chi connectivity index (χ3n) is 3.73. The van der Waals surface area contributed by atoms with Crippen molar-refractivity contribution in [2.45, 2.75) is 20.1 Å². The van der Waals surface area contributed by atoms with Crippen molar-refractivity contribution in [3.05, 3.63) is 69.8 Å². The van der Waals surface area contributed by atoms with Crippen LogP contribution in [0.2, 0.25) is 0 Å². The number of hydrogen-bond acceptors (Lipinski definition) is 7. The Balaban J connectivity index is 1.92. The van der Waals surface area contributed by atoms with Crippen LogP contribution in [-0.4, -0.2) is 27.7 Å². The molecule has 1 aliphatic rings. The quantitative estimate of drug-likeness (QED) is 0.355. The van der Waals surface area contributed by atoms with Gasteiger partial charge in [-0.25, -0.2) is 0 Å².